The predicted molar refractivity (Wildman–Crippen MR) is 45.7 cm³/mol. The van der Waals surface area contributed by atoms with Gasteiger partial charge in [0.05, 0.1) is 5.46 Å². The molecule has 0 fully saturated rings. The molecule has 0 saturated heterocycles. The highest BCUT2D eigenvalue weighted by Gasteiger charge is 2.27. The van der Waals surface area contributed by atoms with E-state index in [-0.39, 0.29) is 0 Å². The third-order valence-electron chi connectivity index (χ3n) is 1.71. The van der Waals surface area contributed by atoms with Crippen molar-refractivity contribution in [2.75, 3.05) is 14.2 Å². The van der Waals surface area contributed by atoms with Crippen molar-refractivity contribution < 1.29 is 22.5 Å². The molecule has 0 radical (unpaired) electrons. The van der Waals surface area contributed by atoms with Crippen LogP contribution < -0.4 is 5.46 Å². The predicted octanol–water partition coefficient (Wildman–Crippen LogP) is 1.09. The van der Waals surface area contributed by atoms with E-state index in [1.165, 1.54) is 14.2 Å². The Hall–Kier alpha value is -1.01. The SMILES string of the molecule is COB(OC)c1c(F)cc(F)cc1F. The summed E-state index contributed by atoms with van der Waals surface area (Å²) in [6.07, 6.45) is 0. The number of halogens is 3. The summed E-state index contributed by atoms with van der Waals surface area (Å²) in [5, 5.41) is 0. The highest BCUT2D eigenvalue weighted by atomic mass is 19.1. The van der Waals surface area contributed by atoms with Crippen molar-refractivity contribution in [1.29, 1.82) is 0 Å². The maximum atomic E-state index is 13.1. The lowest BCUT2D eigenvalue weighted by Crippen LogP contribution is -2.39. The first-order valence-corrected chi connectivity index (χ1v) is 3.80. The first kappa shape index (κ1) is 11.1. The van der Waals surface area contributed by atoms with Gasteiger partial charge in [-0.1, -0.05) is 0 Å². The van der Waals surface area contributed by atoms with Gasteiger partial charge in [-0.25, -0.2) is 13.2 Å². The fourth-order valence-electron chi connectivity index (χ4n) is 1.11. The monoisotopic (exact) mass is 204 g/mol. The topological polar surface area (TPSA) is 18.5 Å². The molecule has 14 heavy (non-hydrogen) atoms. The Labute approximate surface area is 79.8 Å². The van der Waals surface area contributed by atoms with E-state index in [1.807, 2.05) is 0 Å². The van der Waals surface area contributed by atoms with Crippen molar-refractivity contribution in [1.82, 2.24) is 0 Å². The van der Waals surface area contributed by atoms with Crippen LogP contribution in [0, 0.1) is 17.5 Å². The summed E-state index contributed by atoms with van der Waals surface area (Å²) >= 11 is 0. The minimum absolute atomic E-state index is 0.434. The van der Waals surface area contributed by atoms with Gasteiger partial charge in [0, 0.05) is 26.4 Å². The highest BCUT2D eigenvalue weighted by molar-refractivity contribution is 6.61. The molecule has 2 nitrogen and oxygen atoms in total. The van der Waals surface area contributed by atoms with E-state index in [0.29, 0.717) is 12.1 Å². The average Bonchev–Trinajstić information content (AvgIpc) is 2.10. The molecular weight excluding hydrogens is 196 g/mol. The van der Waals surface area contributed by atoms with E-state index in [0.717, 1.165) is 0 Å². The van der Waals surface area contributed by atoms with E-state index >= 15 is 0 Å². The van der Waals surface area contributed by atoms with Crippen LogP contribution in [-0.2, 0) is 9.31 Å². The molecule has 0 amide bonds. The van der Waals surface area contributed by atoms with E-state index in [4.69, 9.17) is 0 Å². The van der Waals surface area contributed by atoms with Gasteiger partial charge in [-0.2, -0.15) is 0 Å². The molecule has 1 rings (SSSR count). The van der Waals surface area contributed by atoms with Crippen molar-refractivity contribution in [3.8, 4) is 0 Å². The Morgan fingerprint density at radius 1 is 1.00 bits per heavy atom. The standard InChI is InChI=1S/C8H8BF3O2/c1-13-9(14-2)8-6(11)3-5(10)4-7(8)12/h3-4H,1-2H3. The summed E-state index contributed by atoms with van der Waals surface area (Å²) in [6.45, 7) is 0. The number of benzene rings is 1. The second-order valence-electron chi connectivity index (χ2n) is 2.59. The van der Waals surface area contributed by atoms with E-state index in [1.54, 1.807) is 0 Å². The smallest absolute Gasteiger partial charge is 0.410 e. The third kappa shape index (κ3) is 2.08. The van der Waals surface area contributed by atoms with Crippen LogP contribution in [0.3, 0.4) is 0 Å². The van der Waals surface area contributed by atoms with Gasteiger partial charge < -0.3 is 9.31 Å². The van der Waals surface area contributed by atoms with Crippen molar-refractivity contribution in [3.05, 3.63) is 29.6 Å². The molecular formula is C8H8BF3O2. The number of rotatable bonds is 3. The first-order chi connectivity index (χ1) is 6.60. The quantitative estimate of drug-likeness (QED) is 0.686. The van der Waals surface area contributed by atoms with Gasteiger partial charge in [-0.3, -0.25) is 0 Å². The summed E-state index contributed by atoms with van der Waals surface area (Å²) in [4.78, 5) is 0. The van der Waals surface area contributed by atoms with Crippen molar-refractivity contribution in [3.63, 3.8) is 0 Å². The molecule has 0 aliphatic carbocycles. The lowest BCUT2D eigenvalue weighted by molar-refractivity contribution is 0.289. The zero-order chi connectivity index (χ0) is 10.7. The van der Waals surface area contributed by atoms with Gasteiger partial charge in [0.2, 0.25) is 0 Å². The van der Waals surface area contributed by atoms with Crippen LogP contribution in [0.4, 0.5) is 13.2 Å². The summed E-state index contributed by atoms with van der Waals surface area (Å²) < 4.78 is 48.0. The van der Waals surface area contributed by atoms with Crippen LogP contribution in [-0.4, -0.2) is 21.3 Å². The van der Waals surface area contributed by atoms with E-state index < -0.39 is 30.0 Å². The minimum Gasteiger partial charge on any atom is -0.410 e. The Morgan fingerprint density at radius 3 is 1.79 bits per heavy atom. The molecule has 0 saturated carbocycles. The molecule has 0 aliphatic rings. The van der Waals surface area contributed by atoms with Gasteiger partial charge in [0.15, 0.2) is 0 Å². The lowest BCUT2D eigenvalue weighted by Gasteiger charge is -2.10. The molecule has 1 aromatic carbocycles. The number of hydrogen-bond donors (Lipinski definition) is 0. The normalized spacial score (nSPS) is 10.4. The molecule has 0 aliphatic heterocycles. The summed E-state index contributed by atoms with van der Waals surface area (Å²) in [5.74, 6) is -3.04. The molecule has 0 spiro atoms. The molecule has 0 N–H and O–H groups in total. The van der Waals surface area contributed by atoms with Gasteiger partial charge in [-0.15, -0.1) is 0 Å². The van der Waals surface area contributed by atoms with E-state index in [2.05, 4.69) is 9.31 Å². The molecule has 76 valence electrons. The van der Waals surface area contributed by atoms with Crippen LogP contribution in [0.1, 0.15) is 0 Å². The van der Waals surface area contributed by atoms with Gasteiger partial charge in [0.25, 0.3) is 0 Å². The maximum Gasteiger partial charge on any atom is 0.499 e. The molecule has 0 heterocycles. The summed E-state index contributed by atoms with van der Waals surface area (Å²) in [5.41, 5.74) is -0.434. The van der Waals surface area contributed by atoms with Gasteiger partial charge in [-0.05, 0) is 0 Å². The van der Waals surface area contributed by atoms with E-state index in [9.17, 15) is 13.2 Å². The molecule has 6 heteroatoms. The van der Waals surface area contributed by atoms with Crippen LogP contribution >= 0.6 is 0 Å². The molecule has 0 aromatic heterocycles. The van der Waals surface area contributed by atoms with Crippen LogP contribution in [0.5, 0.6) is 0 Å². The second-order valence-corrected chi connectivity index (χ2v) is 2.59. The largest absolute Gasteiger partial charge is 0.499 e. The average molecular weight is 204 g/mol. The van der Waals surface area contributed by atoms with Crippen molar-refractivity contribution in [2.45, 2.75) is 0 Å². The zero-order valence-electron chi connectivity index (χ0n) is 7.68. The molecule has 0 atom stereocenters. The zero-order valence-corrected chi connectivity index (χ0v) is 7.68. The summed E-state index contributed by atoms with van der Waals surface area (Å²) in [7, 11) is 1.29. The molecule has 0 bridgehead atoms. The Bertz CT molecular complexity index is 305. The first-order valence-electron chi connectivity index (χ1n) is 3.80. The Balaban J connectivity index is 3.19. The Kier molecular flexibility index (Phi) is 3.54. The van der Waals surface area contributed by atoms with Crippen molar-refractivity contribution >= 4 is 12.6 Å². The fourth-order valence-corrected chi connectivity index (χ4v) is 1.11. The maximum absolute atomic E-state index is 13.1. The molecule has 1 aromatic rings. The highest BCUT2D eigenvalue weighted by Crippen LogP contribution is 2.06. The lowest BCUT2D eigenvalue weighted by atomic mass is 9.78. The summed E-state index contributed by atoms with van der Waals surface area (Å²) in [6, 6.07) is 1.15. The second kappa shape index (κ2) is 4.48. The third-order valence-corrected chi connectivity index (χ3v) is 1.71. The number of hydrogen-bond acceptors (Lipinski definition) is 2. The van der Waals surface area contributed by atoms with Crippen LogP contribution in [0.15, 0.2) is 12.1 Å². The Morgan fingerprint density at radius 2 is 1.43 bits per heavy atom. The minimum atomic E-state index is -1.17. The van der Waals surface area contributed by atoms with Gasteiger partial charge >= 0.3 is 7.12 Å². The fraction of sp³-hybridized carbons (Fsp3) is 0.250. The van der Waals surface area contributed by atoms with Gasteiger partial charge in [0.1, 0.15) is 17.5 Å². The van der Waals surface area contributed by atoms with Crippen LogP contribution in [0.25, 0.3) is 0 Å². The van der Waals surface area contributed by atoms with Crippen LogP contribution in [0.2, 0.25) is 0 Å². The van der Waals surface area contributed by atoms with Crippen molar-refractivity contribution in [2.24, 2.45) is 0 Å². The molecule has 0 unspecified atom stereocenters.